The van der Waals surface area contributed by atoms with E-state index in [4.69, 9.17) is 4.74 Å². The average molecular weight is 251 g/mol. The third-order valence-electron chi connectivity index (χ3n) is 1.98. The molecule has 0 radical (unpaired) electrons. The summed E-state index contributed by atoms with van der Waals surface area (Å²) in [5.74, 6) is 0.785. The lowest BCUT2D eigenvalue weighted by Gasteiger charge is -2.21. The Morgan fingerprint density at radius 2 is 1.85 bits per heavy atom. The van der Waals surface area contributed by atoms with Crippen LogP contribution in [-0.4, -0.2) is 17.5 Å². The largest absolute Gasteiger partial charge is 0.376 e. The molecule has 0 aliphatic rings. The maximum atomic E-state index is 5.69. The fourth-order valence-electron chi connectivity index (χ4n) is 1.24. The first-order chi connectivity index (χ1) is 5.99. The van der Waals surface area contributed by atoms with Gasteiger partial charge in [0.1, 0.15) is 0 Å². The molecule has 0 amide bonds. The monoisotopic (exact) mass is 250 g/mol. The molecule has 0 spiro atoms. The second kappa shape index (κ2) is 6.83. The molecule has 0 aliphatic carbocycles. The Morgan fingerprint density at radius 3 is 2.23 bits per heavy atom. The summed E-state index contributed by atoms with van der Waals surface area (Å²) >= 11 is 3.54. The van der Waals surface area contributed by atoms with Gasteiger partial charge in [-0.3, -0.25) is 0 Å². The van der Waals surface area contributed by atoms with Gasteiger partial charge in [-0.15, -0.1) is 0 Å². The molecule has 0 fully saturated rings. The molecule has 1 nitrogen and oxygen atoms in total. The Morgan fingerprint density at radius 1 is 1.23 bits per heavy atom. The summed E-state index contributed by atoms with van der Waals surface area (Å²) < 4.78 is 5.69. The van der Waals surface area contributed by atoms with Gasteiger partial charge < -0.3 is 4.74 Å². The van der Waals surface area contributed by atoms with Crippen LogP contribution < -0.4 is 0 Å². The Bertz CT molecular complexity index is 118. The second-order valence-electron chi connectivity index (χ2n) is 4.56. The van der Waals surface area contributed by atoms with Gasteiger partial charge in [0, 0.05) is 11.9 Å². The third-order valence-corrected chi connectivity index (χ3v) is 2.89. The minimum absolute atomic E-state index is 0.0169. The SMILES string of the molecule is CCCC(CBr)CCOC(C)(C)C. The smallest absolute Gasteiger partial charge is 0.0598 e. The summed E-state index contributed by atoms with van der Waals surface area (Å²) in [6.45, 7) is 9.45. The predicted molar refractivity (Wildman–Crippen MR) is 62.5 cm³/mol. The zero-order valence-corrected chi connectivity index (χ0v) is 11.0. The van der Waals surface area contributed by atoms with E-state index < -0.39 is 0 Å². The molecule has 80 valence electrons. The van der Waals surface area contributed by atoms with Crippen LogP contribution in [0.25, 0.3) is 0 Å². The molecule has 0 heterocycles. The molecule has 0 aliphatic heterocycles. The Labute approximate surface area is 91.4 Å². The van der Waals surface area contributed by atoms with E-state index in [1.807, 2.05) is 0 Å². The molecular formula is C11H23BrO. The van der Waals surface area contributed by atoms with E-state index in [2.05, 4.69) is 43.6 Å². The van der Waals surface area contributed by atoms with Crippen LogP contribution in [0.3, 0.4) is 0 Å². The molecule has 13 heavy (non-hydrogen) atoms. The van der Waals surface area contributed by atoms with Crippen molar-refractivity contribution < 1.29 is 4.74 Å². The van der Waals surface area contributed by atoms with Crippen LogP contribution in [0.15, 0.2) is 0 Å². The number of halogens is 1. The van der Waals surface area contributed by atoms with E-state index in [-0.39, 0.29) is 5.60 Å². The highest BCUT2D eigenvalue weighted by atomic mass is 79.9. The molecule has 0 aromatic rings. The first-order valence-corrected chi connectivity index (χ1v) is 6.31. The molecule has 1 unspecified atom stereocenters. The van der Waals surface area contributed by atoms with Crippen molar-refractivity contribution in [2.75, 3.05) is 11.9 Å². The number of rotatable bonds is 6. The first kappa shape index (κ1) is 13.4. The second-order valence-corrected chi connectivity index (χ2v) is 5.21. The lowest BCUT2D eigenvalue weighted by molar-refractivity contribution is -0.00857. The van der Waals surface area contributed by atoms with Crippen LogP contribution in [-0.2, 0) is 4.74 Å². The van der Waals surface area contributed by atoms with Crippen molar-refractivity contribution in [2.24, 2.45) is 5.92 Å². The molecule has 2 heteroatoms. The van der Waals surface area contributed by atoms with Gasteiger partial charge in [-0.25, -0.2) is 0 Å². The predicted octanol–water partition coefficient (Wildman–Crippen LogP) is 4.00. The van der Waals surface area contributed by atoms with Gasteiger partial charge in [0.25, 0.3) is 0 Å². The summed E-state index contributed by atoms with van der Waals surface area (Å²) in [5, 5.41) is 1.11. The zero-order chi connectivity index (χ0) is 10.3. The Balaban J connectivity index is 3.49. The highest BCUT2D eigenvalue weighted by molar-refractivity contribution is 9.09. The van der Waals surface area contributed by atoms with Gasteiger partial charge in [-0.05, 0) is 39.5 Å². The maximum absolute atomic E-state index is 5.69. The van der Waals surface area contributed by atoms with E-state index in [1.54, 1.807) is 0 Å². The van der Waals surface area contributed by atoms with Crippen LogP contribution in [0, 0.1) is 5.92 Å². The minimum Gasteiger partial charge on any atom is -0.376 e. The number of alkyl halides is 1. The number of ether oxygens (including phenoxy) is 1. The topological polar surface area (TPSA) is 9.23 Å². The number of hydrogen-bond donors (Lipinski definition) is 0. The fourth-order valence-corrected chi connectivity index (χ4v) is 1.89. The van der Waals surface area contributed by atoms with Crippen molar-refractivity contribution in [1.82, 2.24) is 0 Å². The van der Waals surface area contributed by atoms with Gasteiger partial charge in [-0.1, -0.05) is 29.3 Å². The average Bonchev–Trinajstić information content (AvgIpc) is 2.01. The van der Waals surface area contributed by atoms with Crippen molar-refractivity contribution >= 4 is 15.9 Å². The molecule has 1 atom stereocenters. The van der Waals surface area contributed by atoms with Crippen molar-refractivity contribution in [3.05, 3.63) is 0 Å². The Kier molecular flexibility index (Phi) is 7.06. The quantitative estimate of drug-likeness (QED) is 0.648. The van der Waals surface area contributed by atoms with Crippen LogP contribution >= 0.6 is 15.9 Å². The summed E-state index contributed by atoms with van der Waals surface area (Å²) in [6, 6.07) is 0. The van der Waals surface area contributed by atoms with Gasteiger partial charge in [0.05, 0.1) is 5.60 Å². The van der Waals surface area contributed by atoms with Gasteiger partial charge in [0.15, 0.2) is 0 Å². The zero-order valence-electron chi connectivity index (χ0n) is 9.40. The summed E-state index contributed by atoms with van der Waals surface area (Å²) in [5.41, 5.74) is 0.0169. The van der Waals surface area contributed by atoms with Crippen molar-refractivity contribution in [3.63, 3.8) is 0 Å². The molecule has 0 aromatic carbocycles. The molecule has 0 saturated heterocycles. The first-order valence-electron chi connectivity index (χ1n) is 5.19. The summed E-state index contributed by atoms with van der Waals surface area (Å²) in [6.07, 6.45) is 3.75. The van der Waals surface area contributed by atoms with Gasteiger partial charge in [-0.2, -0.15) is 0 Å². The van der Waals surface area contributed by atoms with E-state index in [0.717, 1.165) is 17.9 Å². The van der Waals surface area contributed by atoms with Gasteiger partial charge >= 0.3 is 0 Å². The molecular weight excluding hydrogens is 228 g/mol. The molecule has 0 rings (SSSR count). The van der Waals surface area contributed by atoms with Crippen molar-refractivity contribution in [1.29, 1.82) is 0 Å². The fraction of sp³-hybridized carbons (Fsp3) is 1.00. The highest BCUT2D eigenvalue weighted by Crippen LogP contribution is 2.16. The van der Waals surface area contributed by atoms with Crippen LogP contribution in [0.4, 0.5) is 0 Å². The van der Waals surface area contributed by atoms with Crippen molar-refractivity contribution in [3.8, 4) is 0 Å². The summed E-state index contributed by atoms with van der Waals surface area (Å²) in [4.78, 5) is 0. The highest BCUT2D eigenvalue weighted by Gasteiger charge is 2.11. The van der Waals surface area contributed by atoms with Crippen LogP contribution in [0.1, 0.15) is 47.0 Å². The van der Waals surface area contributed by atoms with Gasteiger partial charge in [0.2, 0.25) is 0 Å². The van der Waals surface area contributed by atoms with E-state index in [1.165, 1.54) is 19.3 Å². The molecule has 0 aromatic heterocycles. The maximum Gasteiger partial charge on any atom is 0.0598 e. The lowest BCUT2D eigenvalue weighted by atomic mass is 10.0. The van der Waals surface area contributed by atoms with E-state index >= 15 is 0 Å². The molecule has 0 bridgehead atoms. The van der Waals surface area contributed by atoms with Crippen LogP contribution in [0.5, 0.6) is 0 Å². The lowest BCUT2D eigenvalue weighted by Crippen LogP contribution is -2.21. The Hall–Kier alpha value is 0.440. The normalized spacial score (nSPS) is 14.5. The van der Waals surface area contributed by atoms with Crippen molar-refractivity contribution in [2.45, 2.75) is 52.6 Å². The molecule has 0 saturated carbocycles. The van der Waals surface area contributed by atoms with Crippen LogP contribution in [0.2, 0.25) is 0 Å². The third kappa shape index (κ3) is 8.76. The molecule has 0 N–H and O–H groups in total. The minimum atomic E-state index is 0.0169. The standard InChI is InChI=1S/C11H23BrO/c1-5-6-10(9-12)7-8-13-11(2,3)4/h10H,5-9H2,1-4H3. The van der Waals surface area contributed by atoms with E-state index in [9.17, 15) is 0 Å². The summed E-state index contributed by atoms with van der Waals surface area (Å²) in [7, 11) is 0. The number of hydrogen-bond acceptors (Lipinski definition) is 1. The van der Waals surface area contributed by atoms with E-state index in [0.29, 0.717) is 0 Å².